The summed E-state index contributed by atoms with van der Waals surface area (Å²) in [5, 5.41) is 6.27. The van der Waals surface area contributed by atoms with E-state index >= 15 is 0 Å². The molecule has 0 atom stereocenters. The summed E-state index contributed by atoms with van der Waals surface area (Å²) in [5.74, 6) is 0.903. The summed E-state index contributed by atoms with van der Waals surface area (Å²) in [6.45, 7) is 4.55. The van der Waals surface area contributed by atoms with Crippen LogP contribution < -0.4 is 10.9 Å². The summed E-state index contributed by atoms with van der Waals surface area (Å²) < 4.78 is 1.41. The molecule has 136 valence electrons. The molecule has 6 nitrogen and oxygen atoms in total. The monoisotopic (exact) mass is 359 g/mol. The molecule has 2 heterocycles. The highest BCUT2D eigenvalue weighted by molar-refractivity contribution is 5.41. The molecule has 27 heavy (non-hydrogen) atoms. The van der Waals surface area contributed by atoms with E-state index in [0.29, 0.717) is 35.9 Å². The Morgan fingerprint density at radius 3 is 2.52 bits per heavy atom. The minimum atomic E-state index is -0.113. The predicted molar refractivity (Wildman–Crippen MR) is 106 cm³/mol. The first-order valence-electron chi connectivity index (χ1n) is 8.92. The number of aromatic amines is 1. The highest BCUT2D eigenvalue weighted by Gasteiger charge is 2.13. The van der Waals surface area contributed by atoms with E-state index in [-0.39, 0.29) is 5.56 Å². The van der Waals surface area contributed by atoms with E-state index in [9.17, 15) is 4.79 Å². The first-order chi connectivity index (χ1) is 13.1. The predicted octanol–water partition coefficient (Wildman–Crippen LogP) is 3.24. The van der Waals surface area contributed by atoms with Crippen molar-refractivity contribution in [2.45, 2.75) is 26.8 Å². The summed E-state index contributed by atoms with van der Waals surface area (Å²) in [6, 6.07) is 18.1. The van der Waals surface area contributed by atoms with Gasteiger partial charge in [-0.2, -0.15) is 9.50 Å². The minimum Gasteiger partial charge on any atom is -0.351 e. The third-order valence-electron chi connectivity index (χ3n) is 4.73. The van der Waals surface area contributed by atoms with Crippen molar-refractivity contribution in [2.75, 3.05) is 5.32 Å². The number of anilines is 1. The third-order valence-corrected chi connectivity index (χ3v) is 4.73. The lowest BCUT2D eigenvalue weighted by Crippen LogP contribution is -2.22. The second-order valence-corrected chi connectivity index (χ2v) is 6.63. The first-order valence-corrected chi connectivity index (χ1v) is 8.92. The maximum absolute atomic E-state index is 12.9. The number of rotatable bonds is 5. The highest BCUT2D eigenvalue weighted by Crippen LogP contribution is 2.12. The molecule has 0 bridgehead atoms. The van der Waals surface area contributed by atoms with Crippen LogP contribution in [0.5, 0.6) is 0 Å². The van der Waals surface area contributed by atoms with Crippen LogP contribution in [0.3, 0.4) is 0 Å². The molecule has 0 aliphatic rings. The summed E-state index contributed by atoms with van der Waals surface area (Å²) >= 11 is 0. The zero-order valence-electron chi connectivity index (χ0n) is 15.4. The Labute approximate surface area is 156 Å². The molecule has 2 aromatic carbocycles. The SMILES string of the molecule is Cc1ccccc1CNc1nc2nc(C)c(Cc3ccccc3)c(=O)n2[nH]1. The van der Waals surface area contributed by atoms with Crippen molar-refractivity contribution >= 4 is 11.7 Å². The maximum Gasteiger partial charge on any atom is 0.277 e. The number of fused-ring (bicyclic) bond motifs is 1. The van der Waals surface area contributed by atoms with Crippen LogP contribution >= 0.6 is 0 Å². The second-order valence-electron chi connectivity index (χ2n) is 6.63. The van der Waals surface area contributed by atoms with Crippen molar-refractivity contribution < 1.29 is 0 Å². The fraction of sp³-hybridized carbons (Fsp3) is 0.190. The molecule has 0 amide bonds. The van der Waals surface area contributed by atoms with Gasteiger partial charge in [0.05, 0.1) is 5.69 Å². The van der Waals surface area contributed by atoms with E-state index in [1.54, 1.807) is 0 Å². The molecule has 0 fully saturated rings. The van der Waals surface area contributed by atoms with Gasteiger partial charge in [0.1, 0.15) is 0 Å². The van der Waals surface area contributed by atoms with Crippen molar-refractivity contribution in [1.29, 1.82) is 0 Å². The van der Waals surface area contributed by atoms with Gasteiger partial charge in [-0.25, -0.2) is 4.98 Å². The molecule has 0 aliphatic heterocycles. The Bertz CT molecular complexity index is 1140. The minimum absolute atomic E-state index is 0.113. The Kier molecular flexibility index (Phi) is 4.46. The highest BCUT2D eigenvalue weighted by atomic mass is 16.1. The normalized spacial score (nSPS) is 11.0. The molecule has 0 spiro atoms. The lowest BCUT2D eigenvalue weighted by atomic mass is 10.1. The molecule has 0 aliphatic carbocycles. The van der Waals surface area contributed by atoms with Gasteiger partial charge >= 0.3 is 0 Å². The summed E-state index contributed by atoms with van der Waals surface area (Å²) in [5.41, 5.74) is 4.74. The largest absolute Gasteiger partial charge is 0.351 e. The zero-order chi connectivity index (χ0) is 18.8. The Morgan fingerprint density at radius 2 is 1.74 bits per heavy atom. The van der Waals surface area contributed by atoms with Crippen LogP contribution in [0.2, 0.25) is 0 Å². The van der Waals surface area contributed by atoms with Crippen LogP contribution in [-0.4, -0.2) is 19.6 Å². The van der Waals surface area contributed by atoms with Gasteiger partial charge < -0.3 is 5.32 Å². The lowest BCUT2D eigenvalue weighted by Gasteiger charge is -2.05. The number of H-pyrrole nitrogens is 1. The standard InChI is InChI=1S/C21H21N5O/c1-14-8-6-7-11-17(14)13-22-20-24-21-23-15(2)18(19(27)26(21)25-20)12-16-9-4-3-5-10-16/h3-11H,12-13H2,1-2H3,(H2,22,23,24,25). The average molecular weight is 359 g/mol. The lowest BCUT2D eigenvalue weighted by molar-refractivity contribution is 0.857. The van der Waals surface area contributed by atoms with Crippen molar-refractivity contribution in [2.24, 2.45) is 0 Å². The Morgan fingerprint density at radius 1 is 1.00 bits per heavy atom. The van der Waals surface area contributed by atoms with Crippen LogP contribution in [0.4, 0.5) is 5.95 Å². The molecule has 2 N–H and O–H groups in total. The van der Waals surface area contributed by atoms with E-state index in [4.69, 9.17) is 0 Å². The molecule has 4 aromatic rings. The smallest absolute Gasteiger partial charge is 0.277 e. The summed E-state index contributed by atoms with van der Waals surface area (Å²) in [7, 11) is 0. The number of hydrogen-bond donors (Lipinski definition) is 2. The number of nitrogens with one attached hydrogen (secondary N) is 2. The quantitative estimate of drug-likeness (QED) is 0.574. The van der Waals surface area contributed by atoms with Crippen molar-refractivity contribution in [3.63, 3.8) is 0 Å². The van der Waals surface area contributed by atoms with Crippen LogP contribution in [0, 0.1) is 13.8 Å². The molecular weight excluding hydrogens is 338 g/mol. The fourth-order valence-corrected chi connectivity index (χ4v) is 3.12. The van der Waals surface area contributed by atoms with E-state index in [2.05, 4.69) is 39.4 Å². The van der Waals surface area contributed by atoms with E-state index in [1.807, 2.05) is 49.4 Å². The molecule has 0 unspecified atom stereocenters. The van der Waals surface area contributed by atoms with E-state index in [1.165, 1.54) is 15.6 Å². The van der Waals surface area contributed by atoms with E-state index < -0.39 is 0 Å². The second kappa shape index (κ2) is 7.07. The third kappa shape index (κ3) is 3.46. The van der Waals surface area contributed by atoms with Crippen LogP contribution in [0.1, 0.15) is 27.9 Å². The number of hydrogen-bond acceptors (Lipinski definition) is 4. The van der Waals surface area contributed by atoms with E-state index in [0.717, 1.165) is 5.56 Å². The Hall–Kier alpha value is -3.41. The average Bonchev–Trinajstić information content (AvgIpc) is 3.08. The van der Waals surface area contributed by atoms with Crippen molar-refractivity contribution in [3.8, 4) is 0 Å². The van der Waals surface area contributed by atoms with Gasteiger partial charge in [0.25, 0.3) is 11.3 Å². The molecule has 0 saturated heterocycles. The molecular formula is C21H21N5O. The molecule has 0 radical (unpaired) electrons. The summed E-state index contributed by atoms with van der Waals surface area (Å²) in [4.78, 5) is 21.8. The van der Waals surface area contributed by atoms with Crippen LogP contribution in [0.15, 0.2) is 59.4 Å². The van der Waals surface area contributed by atoms with Crippen LogP contribution in [-0.2, 0) is 13.0 Å². The van der Waals surface area contributed by atoms with Gasteiger partial charge in [-0.05, 0) is 30.5 Å². The number of nitrogens with zero attached hydrogens (tertiary/aromatic N) is 3. The molecule has 6 heteroatoms. The van der Waals surface area contributed by atoms with Gasteiger partial charge in [0.2, 0.25) is 5.95 Å². The van der Waals surface area contributed by atoms with Gasteiger partial charge in [0, 0.05) is 18.5 Å². The molecule has 2 aromatic heterocycles. The van der Waals surface area contributed by atoms with Gasteiger partial charge in [0.15, 0.2) is 0 Å². The molecule has 4 rings (SSSR count). The van der Waals surface area contributed by atoms with Crippen molar-refractivity contribution in [3.05, 3.63) is 92.9 Å². The van der Waals surface area contributed by atoms with Gasteiger partial charge in [-0.3, -0.25) is 9.89 Å². The number of aromatic nitrogens is 4. The van der Waals surface area contributed by atoms with Gasteiger partial charge in [-0.15, -0.1) is 0 Å². The topological polar surface area (TPSA) is 75.1 Å². The first kappa shape index (κ1) is 17.0. The fourth-order valence-electron chi connectivity index (χ4n) is 3.12. The Balaban J connectivity index is 1.63. The maximum atomic E-state index is 12.9. The molecule has 0 saturated carbocycles. The number of aryl methyl sites for hydroxylation is 2. The van der Waals surface area contributed by atoms with Crippen molar-refractivity contribution in [1.82, 2.24) is 19.6 Å². The van der Waals surface area contributed by atoms with Gasteiger partial charge in [-0.1, -0.05) is 54.6 Å². The number of benzene rings is 2. The summed E-state index contributed by atoms with van der Waals surface area (Å²) in [6.07, 6.45) is 0.548. The van der Waals surface area contributed by atoms with Crippen LogP contribution in [0.25, 0.3) is 5.78 Å². The zero-order valence-corrected chi connectivity index (χ0v) is 15.4.